The Balaban J connectivity index is 1.67. The number of allylic oxidation sites excluding steroid dienone is 5. The molecule has 1 N–H and O–H groups in total. The molecule has 0 unspecified atom stereocenters. The number of esters is 1. The Morgan fingerprint density at radius 3 is 2.48 bits per heavy atom. The number of benzene rings is 2. The Bertz CT molecular complexity index is 2070. The number of hydrogen-bond donors (Lipinski definition) is 1. The van der Waals surface area contributed by atoms with E-state index in [2.05, 4.69) is 0 Å². The van der Waals surface area contributed by atoms with E-state index in [1.54, 1.807) is 46.8 Å². The Kier molecular flexibility index (Phi) is 3.67. The number of hydrogen-bond acceptors (Lipinski definition) is 4. The van der Waals surface area contributed by atoms with Crippen LogP contribution in [-0.4, -0.2) is 58.9 Å². The number of aromatic carboxylic acids is 1. The lowest BCUT2D eigenvalue weighted by Crippen LogP contribution is -2.38. The normalized spacial score (nSPS) is 31.3. The van der Waals surface area contributed by atoms with Gasteiger partial charge < -0.3 is 14.7 Å². The lowest BCUT2D eigenvalue weighted by atomic mass is 9.64. The van der Waals surface area contributed by atoms with Crippen LogP contribution in [0.1, 0.15) is 101 Å². The maximum absolute atomic E-state index is 13.2. The summed E-state index contributed by atoms with van der Waals surface area (Å²) >= 11 is 0. The van der Waals surface area contributed by atoms with Gasteiger partial charge in [-0.15, -0.1) is 0 Å². The molecule has 6 rings (SSSR count). The summed E-state index contributed by atoms with van der Waals surface area (Å²) in [5.74, 6) is -2.05. The smallest absolute Gasteiger partial charge is 0.338 e. The van der Waals surface area contributed by atoms with Gasteiger partial charge >= 0.3 is 11.9 Å². The van der Waals surface area contributed by atoms with Crippen molar-refractivity contribution in [2.75, 3.05) is 30.9 Å². The number of carboxylic acids is 1. The lowest BCUT2D eigenvalue weighted by molar-refractivity contribution is -0.582. The van der Waals surface area contributed by atoms with Crippen molar-refractivity contribution in [1.82, 2.24) is 0 Å². The fraction of sp³-hybridized carbons (Fsp3) is 0.382. The minimum Gasteiger partial charge on any atom is -0.478 e. The van der Waals surface area contributed by atoms with Crippen LogP contribution in [0.2, 0.25) is 0 Å². The summed E-state index contributed by atoms with van der Waals surface area (Å²) in [5, 5.41) is 10.4. The van der Waals surface area contributed by atoms with Gasteiger partial charge in [0.05, 0.1) is 17.5 Å². The zero-order valence-corrected chi connectivity index (χ0v) is 22.8. The quantitative estimate of drug-likeness (QED) is 0.374. The van der Waals surface area contributed by atoms with Gasteiger partial charge in [0.15, 0.2) is 5.71 Å². The highest BCUT2D eigenvalue weighted by Gasteiger charge is 2.40. The predicted octanol–water partition coefficient (Wildman–Crippen LogP) is 6.00. The molecule has 0 bridgehead atoms. The number of fused-ring (bicyclic) bond motifs is 2. The van der Waals surface area contributed by atoms with Crippen LogP contribution in [-0.2, 0) is 10.2 Å². The van der Waals surface area contributed by atoms with E-state index in [1.165, 1.54) is 42.5 Å². The number of anilines is 1. The van der Waals surface area contributed by atoms with Gasteiger partial charge in [0.2, 0.25) is 0 Å². The van der Waals surface area contributed by atoms with Crippen LogP contribution < -0.4 is 4.90 Å². The van der Waals surface area contributed by atoms with Crippen LogP contribution >= 0.6 is 0 Å². The van der Waals surface area contributed by atoms with Gasteiger partial charge in [-0.25, -0.2) is 14.2 Å². The number of nitrogens with zero attached hydrogens (tertiary/aromatic N) is 2. The fourth-order valence-electron chi connectivity index (χ4n) is 5.28. The number of ether oxygens (including phenoxy) is 1. The number of rotatable bonds is 4. The average Bonchev–Trinajstić information content (AvgIpc) is 2.99. The van der Waals surface area contributed by atoms with Gasteiger partial charge in [-0.2, -0.15) is 0 Å². The molecule has 2 aromatic rings. The average molecular weight is 550 g/mol. The zero-order valence-electron chi connectivity index (χ0n) is 34.8. The van der Waals surface area contributed by atoms with E-state index in [1.807, 2.05) is 0 Å². The molecule has 2 heterocycles. The molecular formula is C34H37N2O4+. The molecule has 206 valence electrons. The summed E-state index contributed by atoms with van der Waals surface area (Å²) in [6.07, 6.45) is -1.31. The Hall–Kier alpha value is -3.93. The molecule has 2 saturated heterocycles. The maximum atomic E-state index is 13.2. The molecule has 0 radical (unpaired) electrons. The highest BCUT2D eigenvalue weighted by Crippen LogP contribution is 2.51. The van der Waals surface area contributed by atoms with E-state index >= 15 is 0 Å². The topological polar surface area (TPSA) is 69.8 Å². The van der Waals surface area contributed by atoms with Gasteiger partial charge in [0.1, 0.15) is 24.1 Å². The van der Waals surface area contributed by atoms with E-state index in [0.717, 1.165) is 0 Å². The number of carboxylic acid groups (broad SMARTS) is 1. The van der Waals surface area contributed by atoms with Gasteiger partial charge in [-0.05, 0) is 97.0 Å². The van der Waals surface area contributed by atoms with Crippen molar-refractivity contribution in [3.63, 3.8) is 0 Å². The molecule has 40 heavy (non-hydrogen) atoms. The molecule has 0 atom stereocenters. The van der Waals surface area contributed by atoms with Crippen LogP contribution in [0.3, 0.4) is 0 Å². The van der Waals surface area contributed by atoms with Crippen LogP contribution in [0.25, 0.3) is 5.57 Å². The van der Waals surface area contributed by atoms with E-state index < -0.39 is 61.7 Å². The van der Waals surface area contributed by atoms with Crippen LogP contribution in [0.4, 0.5) is 5.69 Å². The highest BCUT2D eigenvalue weighted by molar-refractivity contribution is 6.08. The van der Waals surface area contributed by atoms with Gasteiger partial charge in [-0.1, -0.05) is 19.9 Å². The minimum absolute atomic E-state index is 0.0135. The Morgan fingerprint density at radius 2 is 1.77 bits per heavy atom. The van der Waals surface area contributed by atoms with Crippen LogP contribution in [0, 0.1) is 0 Å². The molecule has 2 fully saturated rings. The van der Waals surface area contributed by atoms with E-state index in [9.17, 15) is 14.7 Å². The summed E-state index contributed by atoms with van der Waals surface area (Å²) in [6, 6.07) is 8.40. The maximum Gasteiger partial charge on any atom is 0.338 e. The summed E-state index contributed by atoms with van der Waals surface area (Å²) in [6.45, 7) is -2.46. The zero-order chi connectivity index (χ0) is 39.2. The summed E-state index contributed by atoms with van der Waals surface area (Å²) in [7, 11) is 0. The number of carbonyl (C=O) groups excluding carboxylic acids is 1. The standard InChI is InChI=1S/C34H36N2O4/c1-33(2,3)40-32(39)21-8-11-24(31(37)38)27(18-21)30-25-12-9-22(35-14-6-15-35)19-28(25)34(4,5)29-20-23(10-13-26(29)30)36-16-7-17-36/h8-13,18-20H,6-7,14-17H2,1-5H3/p+1/i6D2,7D2,14D2,15D2,16D2,17D2. The van der Waals surface area contributed by atoms with Crippen molar-refractivity contribution >= 4 is 28.9 Å². The molecule has 6 nitrogen and oxygen atoms in total. The van der Waals surface area contributed by atoms with Crippen molar-refractivity contribution in [2.45, 2.75) is 58.4 Å². The van der Waals surface area contributed by atoms with Gasteiger partial charge in [0.25, 0.3) is 0 Å². The van der Waals surface area contributed by atoms with Crippen molar-refractivity contribution in [3.8, 4) is 0 Å². The van der Waals surface area contributed by atoms with Crippen molar-refractivity contribution < 1.29 is 40.5 Å². The molecule has 6 heteroatoms. The second-order valence-electron chi connectivity index (χ2n) is 11.4. The van der Waals surface area contributed by atoms with Crippen LogP contribution in [0.5, 0.6) is 0 Å². The van der Waals surface area contributed by atoms with E-state index in [-0.39, 0.29) is 28.1 Å². The van der Waals surface area contributed by atoms with Gasteiger partial charge in [0, 0.05) is 47.2 Å². The van der Waals surface area contributed by atoms with Crippen molar-refractivity contribution in [1.29, 1.82) is 0 Å². The van der Waals surface area contributed by atoms with E-state index in [0.29, 0.717) is 37.3 Å². The summed E-state index contributed by atoms with van der Waals surface area (Å²) in [5.41, 5.74) is -0.119. The first-order valence-corrected chi connectivity index (χ1v) is 12.8. The molecular weight excluding hydrogens is 500 g/mol. The third-order valence-electron chi connectivity index (χ3n) is 7.23. The molecule has 2 aliphatic heterocycles. The van der Waals surface area contributed by atoms with Gasteiger partial charge in [-0.3, -0.25) is 0 Å². The fourth-order valence-corrected chi connectivity index (χ4v) is 5.28. The summed E-state index contributed by atoms with van der Waals surface area (Å²) in [4.78, 5) is 26.7. The molecule has 0 amide bonds. The third-order valence-corrected chi connectivity index (χ3v) is 7.23. The Morgan fingerprint density at radius 1 is 1.02 bits per heavy atom. The molecule has 0 saturated carbocycles. The van der Waals surface area contributed by atoms with Crippen molar-refractivity contribution in [3.05, 3.63) is 93.6 Å². The third kappa shape index (κ3) is 4.40. The summed E-state index contributed by atoms with van der Waals surface area (Å²) < 4.78 is 106. The van der Waals surface area contributed by atoms with E-state index in [4.69, 9.17) is 21.2 Å². The molecule has 4 aliphatic rings. The van der Waals surface area contributed by atoms with Crippen LogP contribution in [0.15, 0.2) is 65.8 Å². The Labute approximate surface area is 252 Å². The first-order valence-electron chi connectivity index (χ1n) is 18.8. The minimum atomic E-state index is -2.87. The molecule has 2 aliphatic carbocycles. The highest BCUT2D eigenvalue weighted by atomic mass is 16.6. The SMILES string of the molecule is [2H]C1([2H])N(c2ccc3c(c2)C(C)(C)C2=CC(=[N+]4C([2H])([2H])C([2H])([2H])C4([2H])[2H])C=CC2=C3c2cc(C(=O)OC(C)(C)C)ccc2C(=O)O)C([2H])([2H])C1([2H])[2H]. The number of carbonyl (C=O) groups is 2. The predicted molar refractivity (Wildman–Crippen MR) is 158 cm³/mol. The lowest BCUT2D eigenvalue weighted by Gasteiger charge is -2.41. The second-order valence-corrected chi connectivity index (χ2v) is 11.4. The second kappa shape index (κ2) is 9.33. The molecule has 2 aromatic carbocycles. The largest absolute Gasteiger partial charge is 0.478 e. The first-order chi connectivity index (χ1) is 23.5. The monoisotopic (exact) mass is 549 g/mol. The molecule has 0 aromatic heterocycles. The molecule has 0 spiro atoms. The van der Waals surface area contributed by atoms with Crippen molar-refractivity contribution in [2.24, 2.45) is 0 Å². The first kappa shape index (κ1) is 15.8.